The standard InChI is InChI=1S/C22H20N6O4/c1-2-17-25-19(32-26-17)12-27-13-24-20-15-7-3-4-8-16(15)28(21(20)22(27)30)11-18(29)23-10-14-6-5-9-31-14/h3-9,13H,2,10-12H2,1H3,(H,23,29). The van der Waals surface area contributed by atoms with Crippen LogP contribution in [-0.4, -0.2) is 30.2 Å². The van der Waals surface area contributed by atoms with Crippen LogP contribution in [0, 0.1) is 0 Å². The minimum absolute atomic E-state index is 0.0355. The summed E-state index contributed by atoms with van der Waals surface area (Å²) in [7, 11) is 0. The number of hydrogen-bond acceptors (Lipinski definition) is 7. The molecule has 0 aliphatic carbocycles. The quantitative estimate of drug-likeness (QED) is 0.419. The summed E-state index contributed by atoms with van der Waals surface area (Å²) in [5.74, 6) is 1.30. The minimum Gasteiger partial charge on any atom is -0.467 e. The van der Waals surface area contributed by atoms with E-state index in [-0.39, 0.29) is 31.1 Å². The molecule has 10 nitrogen and oxygen atoms in total. The molecule has 0 bridgehead atoms. The molecule has 1 N–H and O–H groups in total. The summed E-state index contributed by atoms with van der Waals surface area (Å²) >= 11 is 0. The first kappa shape index (κ1) is 19.7. The highest BCUT2D eigenvalue weighted by Crippen LogP contribution is 2.25. The van der Waals surface area contributed by atoms with Crippen LogP contribution in [0.5, 0.6) is 0 Å². The summed E-state index contributed by atoms with van der Waals surface area (Å²) in [6.45, 7) is 2.25. The van der Waals surface area contributed by atoms with Crippen LogP contribution < -0.4 is 10.9 Å². The lowest BCUT2D eigenvalue weighted by atomic mass is 10.2. The van der Waals surface area contributed by atoms with Crippen molar-refractivity contribution in [2.24, 2.45) is 0 Å². The van der Waals surface area contributed by atoms with Gasteiger partial charge in [0, 0.05) is 11.8 Å². The highest BCUT2D eigenvalue weighted by atomic mass is 16.5. The van der Waals surface area contributed by atoms with Crippen molar-refractivity contribution in [1.82, 2.24) is 29.6 Å². The van der Waals surface area contributed by atoms with E-state index >= 15 is 0 Å². The van der Waals surface area contributed by atoms with Crippen LogP contribution in [0.3, 0.4) is 0 Å². The summed E-state index contributed by atoms with van der Waals surface area (Å²) in [5, 5.41) is 7.49. The number of hydrogen-bond donors (Lipinski definition) is 1. The Balaban J connectivity index is 1.53. The fourth-order valence-electron chi connectivity index (χ4n) is 3.67. The maximum atomic E-state index is 13.4. The molecule has 0 spiro atoms. The Labute approximate surface area is 181 Å². The first-order valence-electron chi connectivity index (χ1n) is 10.2. The van der Waals surface area contributed by atoms with Gasteiger partial charge < -0.3 is 18.8 Å². The number of para-hydroxylation sites is 1. The third-order valence-electron chi connectivity index (χ3n) is 5.21. The monoisotopic (exact) mass is 432 g/mol. The molecular formula is C22H20N6O4. The van der Waals surface area contributed by atoms with Gasteiger partial charge in [-0.05, 0) is 18.2 Å². The fourth-order valence-corrected chi connectivity index (χ4v) is 3.67. The number of benzene rings is 1. The number of fused-ring (bicyclic) bond motifs is 3. The van der Waals surface area contributed by atoms with Gasteiger partial charge in [-0.2, -0.15) is 4.98 Å². The van der Waals surface area contributed by atoms with Gasteiger partial charge in [0.25, 0.3) is 5.56 Å². The highest BCUT2D eigenvalue weighted by molar-refractivity contribution is 6.06. The van der Waals surface area contributed by atoms with E-state index in [1.54, 1.807) is 23.0 Å². The number of aryl methyl sites for hydroxylation is 1. The molecule has 5 aromatic rings. The third kappa shape index (κ3) is 3.55. The molecular weight excluding hydrogens is 412 g/mol. The Hall–Kier alpha value is -4.21. The molecule has 0 saturated carbocycles. The first-order chi connectivity index (χ1) is 15.6. The molecule has 1 amide bonds. The molecule has 1 aromatic carbocycles. The van der Waals surface area contributed by atoms with Gasteiger partial charge in [-0.25, -0.2) is 4.98 Å². The topological polar surface area (TPSA) is 121 Å². The van der Waals surface area contributed by atoms with Gasteiger partial charge in [0.15, 0.2) is 5.82 Å². The Morgan fingerprint density at radius 1 is 1.19 bits per heavy atom. The van der Waals surface area contributed by atoms with Crippen LogP contribution in [-0.2, 0) is 30.8 Å². The van der Waals surface area contributed by atoms with E-state index in [0.717, 1.165) is 10.9 Å². The second-order valence-electron chi connectivity index (χ2n) is 7.29. The third-order valence-corrected chi connectivity index (χ3v) is 5.21. The Kier molecular flexibility index (Phi) is 5.02. The van der Waals surface area contributed by atoms with Crippen molar-refractivity contribution >= 4 is 27.8 Å². The zero-order chi connectivity index (χ0) is 22.1. The molecule has 0 atom stereocenters. The molecule has 162 valence electrons. The smallest absolute Gasteiger partial charge is 0.278 e. The van der Waals surface area contributed by atoms with Crippen molar-refractivity contribution in [2.45, 2.75) is 33.0 Å². The molecule has 10 heteroatoms. The van der Waals surface area contributed by atoms with E-state index in [1.165, 1.54) is 10.9 Å². The van der Waals surface area contributed by atoms with Crippen LogP contribution in [0.1, 0.15) is 24.4 Å². The van der Waals surface area contributed by atoms with Crippen molar-refractivity contribution in [3.8, 4) is 0 Å². The van der Waals surface area contributed by atoms with Crippen LogP contribution in [0.15, 0.2) is 62.7 Å². The molecule has 0 unspecified atom stereocenters. The van der Waals surface area contributed by atoms with Gasteiger partial charge in [-0.1, -0.05) is 30.3 Å². The lowest BCUT2D eigenvalue weighted by Crippen LogP contribution is -2.29. The average molecular weight is 432 g/mol. The van der Waals surface area contributed by atoms with Gasteiger partial charge in [0.2, 0.25) is 11.8 Å². The molecule has 4 heterocycles. The van der Waals surface area contributed by atoms with Crippen molar-refractivity contribution < 1.29 is 13.7 Å². The maximum Gasteiger partial charge on any atom is 0.278 e. The van der Waals surface area contributed by atoms with Gasteiger partial charge >= 0.3 is 0 Å². The number of furan rings is 1. The van der Waals surface area contributed by atoms with Gasteiger partial charge in [-0.15, -0.1) is 0 Å². The van der Waals surface area contributed by atoms with Crippen LogP contribution in [0.25, 0.3) is 21.9 Å². The second kappa shape index (κ2) is 8.14. The van der Waals surface area contributed by atoms with E-state index in [9.17, 15) is 9.59 Å². The maximum absolute atomic E-state index is 13.4. The van der Waals surface area contributed by atoms with Crippen molar-refractivity contribution in [3.05, 3.63) is 76.8 Å². The van der Waals surface area contributed by atoms with Crippen LogP contribution >= 0.6 is 0 Å². The minimum atomic E-state index is -0.290. The fraction of sp³-hybridized carbons (Fsp3) is 0.227. The van der Waals surface area contributed by atoms with Gasteiger partial charge in [0.1, 0.15) is 29.9 Å². The summed E-state index contributed by atoms with van der Waals surface area (Å²) in [4.78, 5) is 34.8. The Morgan fingerprint density at radius 3 is 2.84 bits per heavy atom. The molecule has 0 radical (unpaired) electrons. The number of carbonyl (C=O) groups excluding carboxylic acids is 1. The number of amides is 1. The predicted molar refractivity (Wildman–Crippen MR) is 115 cm³/mol. The molecule has 32 heavy (non-hydrogen) atoms. The molecule has 5 rings (SSSR count). The van der Waals surface area contributed by atoms with Gasteiger partial charge in [0.05, 0.1) is 24.7 Å². The zero-order valence-corrected chi connectivity index (χ0v) is 17.3. The number of aromatic nitrogens is 5. The van der Waals surface area contributed by atoms with E-state index < -0.39 is 0 Å². The largest absolute Gasteiger partial charge is 0.467 e. The second-order valence-corrected chi connectivity index (χ2v) is 7.29. The number of nitrogens with one attached hydrogen (secondary N) is 1. The van der Waals surface area contributed by atoms with Crippen LogP contribution in [0.4, 0.5) is 0 Å². The summed E-state index contributed by atoms with van der Waals surface area (Å²) in [6, 6.07) is 11.0. The van der Waals surface area contributed by atoms with Crippen molar-refractivity contribution in [3.63, 3.8) is 0 Å². The van der Waals surface area contributed by atoms with Crippen molar-refractivity contribution in [2.75, 3.05) is 0 Å². The highest BCUT2D eigenvalue weighted by Gasteiger charge is 2.19. The van der Waals surface area contributed by atoms with E-state index in [0.29, 0.717) is 34.9 Å². The van der Waals surface area contributed by atoms with E-state index in [2.05, 4.69) is 20.4 Å². The molecule has 0 saturated heterocycles. The lowest BCUT2D eigenvalue weighted by molar-refractivity contribution is -0.121. The van der Waals surface area contributed by atoms with E-state index in [1.807, 2.05) is 31.2 Å². The summed E-state index contributed by atoms with van der Waals surface area (Å²) < 4.78 is 13.6. The normalized spacial score (nSPS) is 11.4. The van der Waals surface area contributed by atoms with Crippen LogP contribution in [0.2, 0.25) is 0 Å². The summed E-state index contributed by atoms with van der Waals surface area (Å²) in [6.07, 6.45) is 3.65. The predicted octanol–water partition coefficient (Wildman–Crippen LogP) is 2.25. The molecule has 4 aromatic heterocycles. The average Bonchev–Trinajstić information content (AvgIpc) is 3.55. The SMILES string of the molecule is CCc1noc(Cn2cnc3c4ccccc4n(CC(=O)NCc4ccco4)c3c2=O)n1. The number of rotatable bonds is 7. The molecule has 0 aliphatic rings. The summed E-state index contributed by atoms with van der Waals surface area (Å²) in [5.41, 5.74) is 1.35. The Morgan fingerprint density at radius 2 is 2.06 bits per heavy atom. The molecule has 0 aliphatic heterocycles. The molecule has 0 fully saturated rings. The van der Waals surface area contributed by atoms with E-state index in [4.69, 9.17) is 8.94 Å². The zero-order valence-electron chi connectivity index (χ0n) is 17.3. The lowest BCUT2D eigenvalue weighted by Gasteiger charge is -2.08. The van der Waals surface area contributed by atoms with Crippen molar-refractivity contribution in [1.29, 1.82) is 0 Å². The number of nitrogens with zero attached hydrogens (tertiary/aromatic N) is 5. The number of carbonyl (C=O) groups is 1. The Bertz CT molecular complexity index is 1460. The van der Waals surface area contributed by atoms with Gasteiger partial charge in [-0.3, -0.25) is 14.2 Å². The first-order valence-corrected chi connectivity index (χ1v) is 10.2.